The van der Waals surface area contributed by atoms with Crippen molar-refractivity contribution in [3.8, 4) is 0 Å². The number of furan rings is 1. The van der Waals surface area contributed by atoms with Gasteiger partial charge in [-0.3, -0.25) is 4.90 Å². The minimum Gasteiger partial charge on any atom is -0.472 e. The Morgan fingerprint density at radius 1 is 1.44 bits per heavy atom. The van der Waals surface area contributed by atoms with E-state index in [0.717, 1.165) is 26.2 Å². The smallest absolute Gasteiger partial charge is 0.0950 e. The fourth-order valence-electron chi connectivity index (χ4n) is 2.42. The van der Waals surface area contributed by atoms with E-state index < -0.39 is 0 Å². The zero-order chi connectivity index (χ0) is 11.2. The van der Waals surface area contributed by atoms with E-state index in [2.05, 4.69) is 23.2 Å². The molecule has 0 unspecified atom stereocenters. The van der Waals surface area contributed by atoms with Crippen molar-refractivity contribution in [3.63, 3.8) is 0 Å². The number of piperazine rings is 1. The van der Waals surface area contributed by atoms with Crippen molar-refractivity contribution in [2.75, 3.05) is 26.2 Å². The van der Waals surface area contributed by atoms with Crippen LogP contribution in [0.5, 0.6) is 0 Å². The summed E-state index contributed by atoms with van der Waals surface area (Å²) in [5.74, 6) is 0. The lowest BCUT2D eigenvalue weighted by Crippen LogP contribution is -2.45. The molecule has 0 aromatic carbocycles. The molecule has 2 rings (SSSR count). The summed E-state index contributed by atoms with van der Waals surface area (Å²) in [4.78, 5) is 2.58. The van der Waals surface area contributed by atoms with Gasteiger partial charge in [0.25, 0.3) is 0 Å². The Hall–Kier alpha value is -0.800. The quantitative estimate of drug-likeness (QED) is 0.829. The van der Waals surface area contributed by atoms with Gasteiger partial charge in [-0.1, -0.05) is 19.8 Å². The van der Waals surface area contributed by atoms with E-state index in [4.69, 9.17) is 4.42 Å². The zero-order valence-corrected chi connectivity index (χ0v) is 10.1. The predicted molar refractivity (Wildman–Crippen MR) is 65.4 cm³/mol. The van der Waals surface area contributed by atoms with Crippen molar-refractivity contribution in [3.05, 3.63) is 24.2 Å². The average Bonchev–Trinajstić information content (AvgIpc) is 2.85. The maximum Gasteiger partial charge on any atom is 0.0950 e. The summed E-state index contributed by atoms with van der Waals surface area (Å²) in [6, 6.07) is 2.67. The number of hydrogen-bond donors (Lipinski definition) is 1. The summed E-state index contributed by atoms with van der Waals surface area (Å²) in [5, 5.41) is 3.41. The Kier molecular flexibility index (Phi) is 4.43. The van der Waals surface area contributed by atoms with Gasteiger partial charge in [-0.25, -0.2) is 0 Å². The molecule has 1 fully saturated rings. The minimum absolute atomic E-state index is 0.556. The van der Waals surface area contributed by atoms with E-state index in [1.165, 1.54) is 24.8 Å². The highest BCUT2D eigenvalue weighted by atomic mass is 16.3. The number of nitrogens with one attached hydrogen (secondary N) is 1. The Balaban J connectivity index is 2.01. The Morgan fingerprint density at radius 2 is 2.25 bits per heavy atom. The molecular weight excluding hydrogens is 200 g/mol. The fraction of sp³-hybridized carbons (Fsp3) is 0.692. The summed E-state index contributed by atoms with van der Waals surface area (Å²) in [6.45, 7) is 6.78. The van der Waals surface area contributed by atoms with E-state index in [9.17, 15) is 0 Å². The topological polar surface area (TPSA) is 28.4 Å². The molecule has 3 heteroatoms. The van der Waals surface area contributed by atoms with Crippen molar-refractivity contribution in [2.45, 2.75) is 32.2 Å². The molecule has 1 aromatic heterocycles. The van der Waals surface area contributed by atoms with Gasteiger partial charge in [-0.05, 0) is 12.5 Å². The van der Waals surface area contributed by atoms with Crippen LogP contribution in [0.2, 0.25) is 0 Å². The molecule has 16 heavy (non-hydrogen) atoms. The first-order valence-corrected chi connectivity index (χ1v) is 6.38. The molecule has 0 spiro atoms. The van der Waals surface area contributed by atoms with Gasteiger partial charge in [0.15, 0.2) is 0 Å². The Morgan fingerprint density at radius 3 is 2.88 bits per heavy atom. The molecule has 0 radical (unpaired) electrons. The minimum atomic E-state index is 0.556. The average molecular weight is 222 g/mol. The molecule has 0 aliphatic carbocycles. The van der Waals surface area contributed by atoms with Crippen LogP contribution in [0.1, 0.15) is 37.8 Å². The van der Waals surface area contributed by atoms with Crippen LogP contribution in [0, 0.1) is 0 Å². The van der Waals surface area contributed by atoms with Gasteiger partial charge in [0.2, 0.25) is 0 Å². The van der Waals surface area contributed by atoms with Crippen molar-refractivity contribution < 1.29 is 4.42 Å². The number of nitrogens with zero attached hydrogens (tertiary/aromatic N) is 1. The second-order valence-corrected chi connectivity index (χ2v) is 4.50. The Bertz CT molecular complexity index is 278. The highest BCUT2D eigenvalue weighted by molar-refractivity contribution is 5.12. The maximum atomic E-state index is 5.22. The molecular formula is C13H22N2O. The van der Waals surface area contributed by atoms with Crippen molar-refractivity contribution in [1.29, 1.82) is 0 Å². The van der Waals surface area contributed by atoms with E-state index in [1.807, 2.05) is 6.26 Å². The molecule has 1 aliphatic heterocycles. The van der Waals surface area contributed by atoms with E-state index >= 15 is 0 Å². The molecule has 1 atom stereocenters. The first kappa shape index (κ1) is 11.7. The van der Waals surface area contributed by atoms with Crippen LogP contribution in [0.4, 0.5) is 0 Å². The van der Waals surface area contributed by atoms with Crippen molar-refractivity contribution >= 4 is 0 Å². The lowest BCUT2D eigenvalue weighted by molar-refractivity contribution is 0.162. The molecule has 1 N–H and O–H groups in total. The normalized spacial score (nSPS) is 19.8. The van der Waals surface area contributed by atoms with Gasteiger partial charge in [-0.15, -0.1) is 0 Å². The number of hydrogen-bond acceptors (Lipinski definition) is 3. The van der Waals surface area contributed by atoms with Gasteiger partial charge < -0.3 is 9.73 Å². The van der Waals surface area contributed by atoms with Crippen LogP contribution < -0.4 is 5.32 Å². The van der Waals surface area contributed by atoms with E-state index in [0.29, 0.717) is 6.04 Å². The molecule has 3 nitrogen and oxygen atoms in total. The molecule has 1 aliphatic rings. The number of rotatable bonds is 5. The lowest BCUT2D eigenvalue weighted by atomic mass is 10.0. The van der Waals surface area contributed by atoms with Gasteiger partial charge in [0.1, 0.15) is 0 Å². The summed E-state index contributed by atoms with van der Waals surface area (Å²) < 4.78 is 5.22. The van der Waals surface area contributed by atoms with Crippen LogP contribution in [-0.4, -0.2) is 31.1 Å². The van der Waals surface area contributed by atoms with Crippen molar-refractivity contribution in [2.24, 2.45) is 0 Å². The maximum absolute atomic E-state index is 5.22. The largest absolute Gasteiger partial charge is 0.472 e. The van der Waals surface area contributed by atoms with Crippen LogP contribution in [0.15, 0.2) is 23.0 Å². The van der Waals surface area contributed by atoms with Crippen LogP contribution in [0.3, 0.4) is 0 Å². The van der Waals surface area contributed by atoms with Crippen molar-refractivity contribution in [1.82, 2.24) is 10.2 Å². The molecule has 0 saturated carbocycles. The zero-order valence-electron chi connectivity index (χ0n) is 10.1. The molecule has 1 saturated heterocycles. The Labute approximate surface area is 97.8 Å². The van der Waals surface area contributed by atoms with Crippen LogP contribution >= 0.6 is 0 Å². The van der Waals surface area contributed by atoms with E-state index in [-0.39, 0.29) is 0 Å². The summed E-state index contributed by atoms with van der Waals surface area (Å²) in [6.07, 6.45) is 7.50. The van der Waals surface area contributed by atoms with Gasteiger partial charge in [0.05, 0.1) is 12.5 Å². The highest BCUT2D eigenvalue weighted by Gasteiger charge is 2.22. The van der Waals surface area contributed by atoms with Crippen LogP contribution in [-0.2, 0) is 0 Å². The molecule has 90 valence electrons. The monoisotopic (exact) mass is 222 g/mol. The third-order valence-electron chi connectivity index (χ3n) is 3.35. The molecule has 0 amide bonds. The third kappa shape index (κ3) is 2.86. The van der Waals surface area contributed by atoms with Gasteiger partial charge in [-0.2, -0.15) is 0 Å². The van der Waals surface area contributed by atoms with Gasteiger partial charge >= 0.3 is 0 Å². The fourth-order valence-corrected chi connectivity index (χ4v) is 2.42. The summed E-state index contributed by atoms with van der Waals surface area (Å²) in [7, 11) is 0. The van der Waals surface area contributed by atoms with E-state index in [1.54, 1.807) is 6.26 Å². The molecule has 2 heterocycles. The second kappa shape index (κ2) is 6.06. The molecule has 1 aromatic rings. The van der Waals surface area contributed by atoms with Crippen LogP contribution in [0.25, 0.3) is 0 Å². The highest BCUT2D eigenvalue weighted by Crippen LogP contribution is 2.26. The third-order valence-corrected chi connectivity index (χ3v) is 3.35. The first-order valence-electron chi connectivity index (χ1n) is 6.38. The standard InChI is InChI=1S/C13H22N2O/c1-2-3-4-13(12-5-10-16-11-12)15-8-6-14-7-9-15/h5,10-11,13-14H,2-4,6-9H2,1H3/t13-/m1/s1. The predicted octanol–water partition coefficient (Wildman–Crippen LogP) is 2.42. The first-order chi connectivity index (χ1) is 7.92. The lowest BCUT2D eigenvalue weighted by Gasteiger charge is -2.34. The van der Waals surface area contributed by atoms with Gasteiger partial charge in [0, 0.05) is 37.8 Å². The number of unbranched alkanes of at least 4 members (excludes halogenated alkanes) is 1. The SMILES string of the molecule is CCCC[C@H](c1ccoc1)N1CCNCC1. The molecule has 0 bridgehead atoms. The summed E-state index contributed by atoms with van der Waals surface area (Å²) >= 11 is 0. The second-order valence-electron chi connectivity index (χ2n) is 4.50. The summed E-state index contributed by atoms with van der Waals surface area (Å²) in [5.41, 5.74) is 1.34.